The molecule has 0 fully saturated rings. The molecular weight excluding hydrogens is 593 g/mol. The first-order valence-corrected chi connectivity index (χ1v) is 15.4. The van der Waals surface area contributed by atoms with Crippen LogP contribution < -0.4 is 0 Å². The molecule has 0 aliphatic carbocycles. The predicted molar refractivity (Wildman–Crippen MR) is 208 cm³/mol. The van der Waals surface area contributed by atoms with Crippen LogP contribution >= 0.6 is 0 Å². The van der Waals surface area contributed by atoms with Crippen molar-refractivity contribution in [3.8, 4) is 44.5 Å². The maximum atomic E-state index is 9.62. The molecule has 49 heavy (non-hydrogen) atoms. The highest BCUT2D eigenvalue weighted by atomic mass is 16.3. The minimum absolute atomic E-state index is 0.0353. The molecule has 0 aliphatic heterocycles. The summed E-state index contributed by atoms with van der Waals surface area (Å²) in [6, 6.07) is 11.8. The Hall–Kier alpha value is -6.44. The lowest BCUT2D eigenvalue weighted by Crippen LogP contribution is -1.91. The number of hydrogen-bond donors (Lipinski definition) is 0. The molecule has 9 aromatic carbocycles. The molecule has 0 amide bonds. The average Bonchev–Trinajstić information content (AvgIpc) is 3.74. The van der Waals surface area contributed by atoms with Gasteiger partial charge in [0, 0.05) is 10.8 Å². The molecule has 0 N–H and O–H groups in total. The van der Waals surface area contributed by atoms with Gasteiger partial charge < -0.3 is 4.42 Å². The summed E-state index contributed by atoms with van der Waals surface area (Å²) >= 11 is 0. The van der Waals surface area contributed by atoms with E-state index in [4.69, 9.17) is 25.0 Å². The molecule has 0 saturated heterocycles. The van der Waals surface area contributed by atoms with E-state index in [1.807, 2.05) is 36.4 Å². The molecular formula is C48H30O. The van der Waals surface area contributed by atoms with Crippen LogP contribution in [0.1, 0.15) is 24.7 Å². The minimum atomic E-state index is -0.668. The van der Waals surface area contributed by atoms with Crippen LogP contribution in [0.15, 0.2) is 186 Å². The van der Waals surface area contributed by atoms with Crippen LogP contribution in [0.5, 0.6) is 0 Å². The number of hydrogen-bond acceptors (Lipinski definition) is 1. The fourth-order valence-corrected chi connectivity index (χ4v) is 6.45. The van der Waals surface area contributed by atoms with Crippen LogP contribution in [0, 0.1) is 0 Å². The topological polar surface area (TPSA) is 13.1 Å². The van der Waals surface area contributed by atoms with Gasteiger partial charge in [-0.25, -0.2) is 0 Å². The van der Waals surface area contributed by atoms with Crippen molar-refractivity contribution in [2.75, 3.05) is 0 Å². The van der Waals surface area contributed by atoms with Crippen molar-refractivity contribution >= 4 is 54.3 Å². The summed E-state index contributed by atoms with van der Waals surface area (Å²) in [5.74, 6) is 0. The van der Waals surface area contributed by atoms with E-state index >= 15 is 0 Å². The number of furan rings is 1. The standard InChI is InChI=1S/C48H30O/c1-2-10-31(11-3-1)32-18-20-33(21-19-32)34-22-24-35(25-23-34)47-40-14-6-8-16-42(40)48(43-17-9-7-15-41(43)47)38-26-27-39-44-28-36-12-4-5-13-37(36)29-46(44)49-45(39)30-38/h1-30H/i1D,2D,3D,4D,5D,10D,11D,12D,13D,18D,19D,20D,21D,26D,27D,28D,29D,30D. The van der Waals surface area contributed by atoms with Crippen LogP contribution in [0.3, 0.4) is 0 Å². The molecule has 1 aromatic heterocycles. The van der Waals surface area contributed by atoms with Crippen LogP contribution in [-0.2, 0) is 0 Å². The van der Waals surface area contributed by atoms with Gasteiger partial charge >= 0.3 is 0 Å². The Balaban J connectivity index is 1.18. The van der Waals surface area contributed by atoms with Gasteiger partial charge in [-0.3, -0.25) is 0 Å². The third-order valence-electron chi connectivity index (χ3n) is 8.65. The number of rotatable bonds is 4. The molecule has 0 saturated carbocycles. The van der Waals surface area contributed by atoms with Crippen molar-refractivity contribution in [2.24, 2.45) is 0 Å². The molecule has 0 spiro atoms. The normalized spacial score (nSPS) is 16.8. The van der Waals surface area contributed by atoms with Crippen molar-refractivity contribution < 1.29 is 29.1 Å². The molecule has 0 aliphatic rings. The van der Waals surface area contributed by atoms with Crippen LogP contribution in [0.25, 0.3) is 98.8 Å². The van der Waals surface area contributed by atoms with E-state index in [1.54, 1.807) is 36.4 Å². The molecule has 1 heteroatoms. The zero-order valence-corrected chi connectivity index (χ0v) is 25.3. The third-order valence-corrected chi connectivity index (χ3v) is 8.65. The molecule has 0 unspecified atom stereocenters. The monoisotopic (exact) mass is 640 g/mol. The summed E-state index contributed by atoms with van der Waals surface area (Å²) in [5, 5.41) is 1.87. The fraction of sp³-hybridized carbons (Fsp3) is 0. The third kappa shape index (κ3) is 4.55. The molecule has 1 heterocycles. The Labute approximate surface area is 309 Å². The maximum Gasteiger partial charge on any atom is 0.136 e. The van der Waals surface area contributed by atoms with Gasteiger partial charge in [0.25, 0.3) is 0 Å². The summed E-state index contributed by atoms with van der Waals surface area (Å²) in [6.07, 6.45) is 0. The van der Waals surface area contributed by atoms with Crippen LogP contribution in [0.4, 0.5) is 0 Å². The van der Waals surface area contributed by atoms with Crippen molar-refractivity contribution in [3.63, 3.8) is 0 Å². The van der Waals surface area contributed by atoms with Gasteiger partial charge in [0.05, 0.1) is 24.7 Å². The Morgan fingerprint density at radius 2 is 0.796 bits per heavy atom. The van der Waals surface area contributed by atoms with Gasteiger partial charge in [0.2, 0.25) is 0 Å². The van der Waals surface area contributed by atoms with Crippen molar-refractivity contribution in [1.29, 1.82) is 0 Å². The molecule has 228 valence electrons. The van der Waals surface area contributed by atoms with E-state index in [-0.39, 0.29) is 55.9 Å². The van der Waals surface area contributed by atoms with E-state index in [1.165, 1.54) is 0 Å². The van der Waals surface area contributed by atoms with Crippen LogP contribution in [0.2, 0.25) is 0 Å². The molecule has 0 bridgehead atoms. The summed E-state index contributed by atoms with van der Waals surface area (Å²) in [5.41, 5.74) is 0.837. The lowest BCUT2D eigenvalue weighted by molar-refractivity contribution is 0.669. The smallest absolute Gasteiger partial charge is 0.136 e. The summed E-state index contributed by atoms with van der Waals surface area (Å²) < 4.78 is 163. The Morgan fingerprint density at radius 3 is 1.43 bits per heavy atom. The molecule has 10 rings (SSSR count). The van der Waals surface area contributed by atoms with Crippen molar-refractivity contribution in [2.45, 2.75) is 0 Å². The van der Waals surface area contributed by atoms with E-state index in [0.29, 0.717) is 38.2 Å². The SMILES string of the molecule is [2H]c1c([2H])c([2H])c(-c2c([2H])c([2H])c(-c3ccc(-c4c5ccccc5c(-c5c([2H])c([2H])c6c(oc7c([2H])c8c([2H])c([2H])c([2H])c([2H])c8c([2H])c76)c5[2H])c5ccccc45)cc3)c([2H])c2[2H])c([2H])c1[2H]. The zero-order valence-electron chi connectivity index (χ0n) is 43.3. The van der Waals surface area contributed by atoms with Gasteiger partial charge in [-0.2, -0.15) is 0 Å². The quantitative estimate of drug-likeness (QED) is 0.174. The first-order valence-electron chi connectivity index (χ1n) is 24.4. The lowest BCUT2D eigenvalue weighted by atomic mass is 9.85. The van der Waals surface area contributed by atoms with E-state index < -0.39 is 108 Å². The van der Waals surface area contributed by atoms with Crippen molar-refractivity contribution in [3.05, 3.63) is 182 Å². The second-order valence-corrected chi connectivity index (χ2v) is 11.4. The molecule has 0 atom stereocenters. The molecule has 0 radical (unpaired) electrons. The number of benzene rings is 9. The summed E-state index contributed by atoms with van der Waals surface area (Å²) in [4.78, 5) is 0. The van der Waals surface area contributed by atoms with Crippen molar-refractivity contribution in [1.82, 2.24) is 0 Å². The van der Waals surface area contributed by atoms with E-state index in [2.05, 4.69) is 0 Å². The summed E-state index contributed by atoms with van der Waals surface area (Å²) in [6.45, 7) is 0. The second kappa shape index (κ2) is 11.1. The van der Waals surface area contributed by atoms with Gasteiger partial charge in [0.1, 0.15) is 11.2 Å². The highest BCUT2D eigenvalue weighted by Gasteiger charge is 2.18. The Bertz CT molecular complexity index is 3780. The minimum Gasteiger partial charge on any atom is -0.456 e. The van der Waals surface area contributed by atoms with Gasteiger partial charge in [-0.15, -0.1) is 0 Å². The van der Waals surface area contributed by atoms with Gasteiger partial charge in [0.15, 0.2) is 0 Å². The lowest BCUT2D eigenvalue weighted by Gasteiger charge is -2.18. The Morgan fingerprint density at radius 1 is 0.327 bits per heavy atom. The summed E-state index contributed by atoms with van der Waals surface area (Å²) in [7, 11) is 0. The van der Waals surface area contributed by atoms with E-state index in [0.717, 1.165) is 5.56 Å². The molecule has 10 aromatic rings. The Kier molecular flexibility index (Phi) is 3.43. The highest BCUT2D eigenvalue weighted by Crippen LogP contribution is 2.45. The zero-order chi connectivity index (χ0) is 48.0. The fourth-order valence-electron chi connectivity index (χ4n) is 6.45. The average molecular weight is 641 g/mol. The van der Waals surface area contributed by atoms with Crippen LogP contribution in [-0.4, -0.2) is 0 Å². The largest absolute Gasteiger partial charge is 0.456 e. The van der Waals surface area contributed by atoms with E-state index in [9.17, 15) is 4.11 Å². The highest BCUT2D eigenvalue weighted by molar-refractivity contribution is 6.22. The predicted octanol–water partition coefficient (Wildman–Crippen LogP) is 13.7. The first kappa shape index (κ1) is 15.2. The first-order chi connectivity index (χ1) is 31.8. The molecule has 1 nitrogen and oxygen atoms in total. The van der Waals surface area contributed by atoms with Gasteiger partial charge in [-0.05, 0) is 101 Å². The maximum absolute atomic E-state index is 9.62. The number of fused-ring (bicyclic) bond motifs is 6. The second-order valence-electron chi connectivity index (χ2n) is 11.4. The van der Waals surface area contributed by atoms with Gasteiger partial charge in [-0.1, -0.05) is 157 Å².